The summed E-state index contributed by atoms with van der Waals surface area (Å²) in [7, 11) is 0. The minimum absolute atomic E-state index is 0.0166. The van der Waals surface area contributed by atoms with Crippen LogP contribution in [0.4, 0.5) is 4.79 Å². The number of hydrogen-bond donors (Lipinski definition) is 4. The number of phenolic OH excluding ortho intramolecular Hbond substituents is 1. The molecule has 4 aromatic rings. The van der Waals surface area contributed by atoms with Crippen LogP contribution in [0.2, 0.25) is 0 Å². The number of amides is 2. The van der Waals surface area contributed by atoms with E-state index in [9.17, 15) is 19.8 Å². The van der Waals surface area contributed by atoms with Crippen molar-refractivity contribution in [1.29, 1.82) is 0 Å². The first-order chi connectivity index (χ1) is 21.9. The molecule has 1 saturated heterocycles. The van der Waals surface area contributed by atoms with E-state index in [1.807, 2.05) is 91.0 Å². The molecule has 1 aliphatic heterocycles. The summed E-state index contributed by atoms with van der Waals surface area (Å²) < 4.78 is 12.9. The molecule has 4 N–H and O–H groups in total. The van der Waals surface area contributed by atoms with Crippen molar-refractivity contribution in [3.8, 4) is 5.75 Å². The van der Waals surface area contributed by atoms with Crippen LogP contribution in [0.5, 0.6) is 5.75 Å². The van der Waals surface area contributed by atoms with Gasteiger partial charge in [-0.3, -0.25) is 4.79 Å². The lowest BCUT2D eigenvalue weighted by Gasteiger charge is -2.36. The number of carbonyl (C=O) groups is 2. The summed E-state index contributed by atoms with van der Waals surface area (Å²) in [6.45, 7) is 1.75. The molecule has 1 aliphatic rings. The second kappa shape index (κ2) is 15.7. The third kappa shape index (κ3) is 9.42. The van der Waals surface area contributed by atoms with E-state index >= 15 is 0 Å². The summed E-state index contributed by atoms with van der Waals surface area (Å²) in [5.74, 6) is 0.836. The minimum atomic E-state index is -0.608. The molecule has 0 radical (unpaired) electrons. The van der Waals surface area contributed by atoms with Crippen LogP contribution in [-0.2, 0) is 33.8 Å². The Hall–Kier alpha value is -4.15. The van der Waals surface area contributed by atoms with Gasteiger partial charge < -0.3 is 30.3 Å². The molecular formula is C36H38N2O6S. The van der Waals surface area contributed by atoms with Gasteiger partial charge in [0.15, 0.2) is 12.1 Å². The topological polar surface area (TPSA) is 117 Å². The van der Waals surface area contributed by atoms with Crippen molar-refractivity contribution in [2.24, 2.45) is 0 Å². The summed E-state index contributed by atoms with van der Waals surface area (Å²) in [5.41, 5.74) is 4.59. The molecule has 0 saturated carbocycles. The number of hydrogen-bond acceptors (Lipinski definition) is 7. The molecule has 234 valence electrons. The Kier molecular flexibility index (Phi) is 11.3. The Balaban J connectivity index is 1.21. The number of rotatable bonds is 12. The van der Waals surface area contributed by atoms with Gasteiger partial charge in [0.05, 0.1) is 24.9 Å². The SMILES string of the molecule is CC(=O)C(Cc1ccccc1)NC(=O)NCc1ccc(C2OC(CSc3ccc(O)cc3)CC(c3ccc(CO)cc3)O2)cc1. The van der Waals surface area contributed by atoms with Crippen molar-refractivity contribution in [3.05, 3.63) is 131 Å². The van der Waals surface area contributed by atoms with Gasteiger partial charge in [0.1, 0.15) is 5.75 Å². The second-order valence-corrected chi connectivity index (χ2v) is 12.2. The van der Waals surface area contributed by atoms with Crippen molar-refractivity contribution in [1.82, 2.24) is 10.6 Å². The number of phenols is 1. The van der Waals surface area contributed by atoms with Gasteiger partial charge in [-0.1, -0.05) is 78.9 Å². The number of aliphatic hydroxyl groups is 1. The number of benzene rings is 4. The van der Waals surface area contributed by atoms with E-state index in [-0.39, 0.29) is 30.3 Å². The zero-order chi connectivity index (χ0) is 31.6. The van der Waals surface area contributed by atoms with Crippen LogP contribution >= 0.6 is 11.8 Å². The standard InChI is InChI=1S/C36H38N2O6S/c1-24(40)33(19-25-5-3-2-4-6-25)38-36(42)37-21-26-7-13-29(14-8-26)35-43-31(23-45-32-17-15-30(41)16-18-32)20-34(44-35)28-11-9-27(22-39)10-12-28/h2-18,31,33-35,39,41H,19-23H2,1H3,(H2,37,38,42). The van der Waals surface area contributed by atoms with E-state index < -0.39 is 18.4 Å². The van der Waals surface area contributed by atoms with Gasteiger partial charge in [0, 0.05) is 29.2 Å². The highest BCUT2D eigenvalue weighted by Gasteiger charge is 2.32. The molecule has 4 unspecified atom stereocenters. The molecule has 5 rings (SSSR count). The number of ether oxygens (including phenoxy) is 2. The number of aromatic hydroxyl groups is 1. The monoisotopic (exact) mass is 626 g/mol. The van der Waals surface area contributed by atoms with E-state index in [0.717, 1.165) is 32.7 Å². The van der Waals surface area contributed by atoms with E-state index in [1.165, 1.54) is 6.92 Å². The zero-order valence-corrected chi connectivity index (χ0v) is 25.9. The predicted molar refractivity (Wildman–Crippen MR) is 174 cm³/mol. The molecule has 8 nitrogen and oxygen atoms in total. The quantitative estimate of drug-likeness (QED) is 0.138. The van der Waals surface area contributed by atoms with E-state index in [2.05, 4.69) is 10.6 Å². The lowest BCUT2D eigenvalue weighted by molar-refractivity contribution is -0.245. The third-order valence-electron chi connectivity index (χ3n) is 7.67. The van der Waals surface area contributed by atoms with Gasteiger partial charge in [-0.2, -0.15) is 0 Å². The smallest absolute Gasteiger partial charge is 0.315 e. The summed E-state index contributed by atoms with van der Waals surface area (Å²) >= 11 is 1.66. The predicted octanol–water partition coefficient (Wildman–Crippen LogP) is 6.22. The Labute approximate surface area is 267 Å². The number of nitrogens with one attached hydrogen (secondary N) is 2. The van der Waals surface area contributed by atoms with Crippen molar-refractivity contribution in [2.45, 2.75) is 62.4 Å². The molecular weight excluding hydrogens is 588 g/mol. The molecule has 0 spiro atoms. The summed E-state index contributed by atoms with van der Waals surface area (Å²) in [6, 6.07) is 31.2. The highest BCUT2D eigenvalue weighted by atomic mass is 32.2. The van der Waals surface area contributed by atoms with Crippen molar-refractivity contribution in [3.63, 3.8) is 0 Å². The first-order valence-electron chi connectivity index (χ1n) is 15.0. The fourth-order valence-corrected chi connectivity index (χ4v) is 6.01. The van der Waals surface area contributed by atoms with Crippen molar-refractivity contribution < 1.29 is 29.3 Å². The Morgan fingerprint density at radius 3 is 2.18 bits per heavy atom. The molecule has 45 heavy (non-hydrogen) atoms. The van der Waals surface area contributed by atoms with Gasteiger partial charge >= 0.3 is 6.03 Å². The Morgan fingerprint density at radius 2 is 1.51 bits per heavy atom. The Bertz CT molecular complexity index is 1530. The fourth-order valence-electron chi connectivity index (χ4n) is 5.08. The minimum Gasteiger partial charge on any atom is -0.508 e. The first kappa shape index (κ1) is 32.2. The maximum atomic E-state index is 12.6. The van der Waals surface area contributed by atoms with Gasteiger partial charge in [-0.25, -0.2) is 4.79 Å². The molecule has 0 aromatic heterocycles. The third-order valence-corrected chi connectivity index (χ3v) is 8.82. The van der Waals surface area contributed by atoms with Crippen LogP contribution in [0.1, 0.15) is 53.6 Å². The van der Waals surface area contributed by atoms with E-state index in [4.69, 9.17) is 9.47 Å². The lowest BCUT2D eigenvalue weighted by Crippen LogP contribution is -2.46. The van der Waals surface area contributed by atoms with Crippen LogP contribution < -0.4 is 10.6 Å². The largest absolute Gasteiger partial charge is 0.508 e. The van der Waals surface area contributed by atoms with Gasteiger partial charge in [-0.05, 0) is 59.9 Å². The normalized spacial score (nSPS) is 18.6. The number of carbonyl (C=O) groups excluding carboxylic acids is 2. The average molecular weight is 627 g/mol. The summed E-state index contributed by atoms with van der Waals surface area (Å²) in [6.07, 6.45) is 0.215. The van der Waals surface area contributed by atoms with Crippen LogP contribution in [0.15, 0.2) is 108 Å². The van der Waals surface area contributed by atoms with Crippen LogP contribution in [-0.4, -0.2) is 39.9 Å². The fraction of sp³-hybridized carbons (Fsp3) is 0.278. The van der Waals surface area contributed by atoms with Gasteiger partial charge in [-0.15, -0.1) is 11.8 Å². The van der Waals surface area contributed by atoms with Crippen molar-refractivity contribution in [2.75, 3.05) is 5.75 Å². The molecule has 1 heterocycles. The molecule has 0 aliphatic carbocycles. The molecule has 4 atom stereocenters. The number of aliphatic hydroxyl groups excluding tert-OH is 1. The van der Waals surface area contributed by atoms with E-state index in [0.29, 0.717) is 25.1 Å². The van der Waals surface area contributed by atoms with Crippen molar-refractivity contribution >= 4 is 23.6 Å². The zero-order valence-electron chi connectivity index (χ0n) is 25.1. The molecule has 2 amide bonds. The molecule has 1 fully saturated rings. The second-order valence-electron chi connectivity index (χ2n) is 11.1. The summed E-state index contributed by atoms with van der Waals surface area (Å²) in [5, 5.41) is 24.7. The van der Waals surface area contributed by atoms with Crippen LogP contribution in [0, 0.1) is 0 Å². The molecule has 4 aromatic carbocycles. The van der Waals surface area contributed by atoms with Gasteiger partial charge in [0.2, 0.25) is 0 Å². The highest BCUT2D eigenvalue weighted by Crippen LogP contribution is 2.39. The Morgan fingerprint density at radius 1 is 0.844 bits per heavy atom. The lowest BCUT2D eigenvalue weighted by atomic mass is 10.0. The van der Waals surface area contributed by atoms with Crippen LogP contribution in [0.3, 0.4) is 0 Å². The van der Waals surface area contributed by atoms with Crippen LogP contribution in [0.25, 0.3) is 0 Å². The van der Waals surface area contributed by atoms with E-state index in [1.54, 1.807) is 23.9 Å². The average Bonchev–Trinajstić information content (AvgIpc) is 3.07. The summed E-state index contributed by atoms with van der Waals surface area (Å²) in [4.78, 5) is 25.8. The number of ketones is 1. The maximum Gasteiger partial charge on any atom is 0.315 e. The van der Waals surface area contributed by atoms with Gasteiger partial charge in [0.25, 0.3) is 0 Å². The molecule has 0 bridgehead atoms. The number of thioether (sulfide) groups is 1. The first-order valence-corrected chi connectivity index (χ1v) is 15.9. The maximum absolute atomic E-state index is 12.6. The highest BCUT2D eigenvalue weighted by molar-refractivity contribution is 7.99. The number of Topliss-reactive ketones (excluding diaryl/α,β-unsaturated/α-hetero) is 1. The number of urea groups is 1. The molecule has 9 heteroatoms.